The molecule has 0 saturated carbocycles. The van der Waals surface area contributed by atoms with Crippen molar-refractivity contribution in [2.24, 2.45) is 17.6 Å². The zero-order chi connectivity index (χ0) is 14.6. The van der Waals surface area contributed by atoms with Gasteiger partial charge in [-0.05, 0) is 20.0 Å². The predicted octanol–water partition coefficient (Wildman–Crippen LogP) is 1.51. The molecule has 1 aromatic heterocycles. The van der Waals surface area contributed by atoms with Gasteiger partial charge in [-0.2, -0.15) is 5.10 Å². The Morgan fingerprint density at radius 2 is 2.16 bits per heavy atom. The van der Waals surface area contributed by atoms with Gasteiger partial charge < -0.3 is 10.6 Å². The van der Waals surface area contributed by atoms with Gasteiger partial charge in [0.2, 0.25) is 0 Å². The van der Waals surface area contributed by atoms with Crippen molar-refractivity contribution in [2.45, 2.75) is 20.4 Å². The number of nitrogens with two attached hydrogens (primary N) is 1. The second kappa shape index (κ2) is 7.03. The molecule has 0 bridgehead atoms. The van der Waals surface area contributed by atoms with Crippen molar-refractivity contribution >= 4 is 17.4 Å². The molecular weight excluding hydrogens is 264 g/mol. The van der Waals surface area contributed by atoms with E-state index in [9.17, 15) is 4.79 Å². The van der Waals surface area contributed by atoms with Crippen molar-refractivity contribution < 1.29 is 4.79 Å². The van der Waals surface area contributed by atoms with E-state index >= 15 is 0 Å². The average Bonchev–Trinajstić information content (AvgIpc) is 2.68. The van der Waals surface area contributed by atoms with E-state index in [1.165, 1.54) is 6.20 Å². The van der Waals surface area contributed by atoms with Gasteiger partial charge in [0.05, 0.1) is 17.8 Å². The van der Waals surface area contributed by atoms with Gasteiger partial charge in [-0.1, -0.05) is 25.4 Å². The van der Waals surface area contributed by atoms with Crippen LogP contribution in [0.2, 0.25) is 5.02 Å². The molecule has 0 radical (unpaired) electrons. The van der Waals surface area contributed by atoms with E-state index in [0.29, 0.717) is 23.8 Å². The summed E-state index contributed by atoms with van der Waals surface area (Å²) in [4.78, 5) is 14.6. The molecule has 0 amide bonds. The summed E-state index contributed by atoms with van der Waals surface area (Å²) in [6.07, 6.45) is 1.53. The number of rotatable bonds is 7. The monoisotopic (exact) mass is 286 g/mol. The molecule has 0 aliphatic rings. The Kier molecular flexibility index (Phi) is 5.97. The third-order valence-electron chi connectivity index (χ3n) is 3.18. The van der Waals surface area contributed by atoms with Crippen LogP contribution in [0.4, 0.5) is 0 Å². The number of nitrogens with zero attached hydrogens (tertiary/aromatic N) is 3. The molecule has 1 heterocycles. The lowest BCUT2D eigenvalue weighted by atomic mass is 9.90. The Labute approximate surface area is 119 Å². The lowest BCUT2D eigenvalue weighted by Crippen LogP contribution is -2.31. The second-order valence-corrected chi connectivity index (χ2v) is 5.73. The van der Waals surface area contributed by atoms with Crippen LogP contribution in [-0.4, -0.2) is 47.6 Å². The maximum atomic E-state index is 12.5. The first-order chi connectivity index (χ1) is 8.88. The average molecular weight is 287 g/mol. The van der Waals surface area contributed by atoms with Crippen molar-refractivity contribution in [2.75, 3.05) is 27.2 Å². The molecule has 1 atom stereocenters. The van der Waals surface area contributed by atoms with E-state index in [1.54, 1.807) is 4.68 Å². The van der Waals surface area contributed by atoms with Crippen LogP contribution in [0.1, 0.15) is 24.3 Å². The molecule has 19 heavy (non-hydrogen) atoms. The van der Waals surface area contributed by atoms with Gasteiger partial charge in [0.15, 0.2) is 5.78 Å². The summed E-state index contributed by atoms with van der Waals surface area (Å²) in [6.45, 7) is 5.74. The standard InChI is InChI=1S/C13H23ClN4O/c1-9(2)10(7-15)13(19)12-11(14)8-16-18(12)6-5-17(3)4/h8-10H,5-7,15H2,1-4H3. The van der Waals surface area contributed by atoms with Crippen molar-refractivity contribution in [3.8, 4) is 0 Å². The van der Waals surface area contributed by atoms with E-state index in [4.69, 9.17) is 17.3 Å². The lowest BCUT2D eigenvalue weighted by molar-refractivity contribution is 0.0880. The van der Waals surface area contributed by atoms with Gasteiger partial charge in [0, 0.05) is 19.0 Å². The first kappa shape index (κ1) is 16.1. The van der Waals surface area contributed by atoms with E-state index in [1.807, 2.05) is 32.8 Å². The highest BCUT2D eigenvalue weighted by Gasteiger charge is 2.27. The van der Waals surface area contributed by atoms with E-state index in [2.05, 4.69) is 5.10 Å². The number of hydrogen-bond acceptors (Lipinski definition) is 4. The van der Waals surface area contributed by atoms with Crippen LogP contribution in [0.3, 0.4) is 0 Å². The van der Waals surface area contributed by atoms with Crippen molar-refractivity contribution in [3.63, 3.8) is 0 Å². The molecule has 6 heteroatoms. The molecule has 1 rings (SSSR count). The number of aromatic nitrogens is 2. The number of hydrogen-bond donors (Lipinski definition) is 1. The fourth-order valence-electron chi connectivity index (χ4n) is 1.93. The van der Waals surface area contributed by atoms with Gasteiger partial charge in [-0.3, -0.25) is 9.48 Å². The van der Waals surface area contributed by atoms with E-state index in [0.717, 1.165) is 6.54 Å². The number of halogens is 1. The molecule has 0 aromatic carbocycles. The van der Waals surface area contributed by atoms with Crippen LogP contribution in [0, 0.1) is 11.8 Å². The number of ketones is 1. The smallest absolute Gasteiger partial charge is 0.186 e. The number of carbonyl (C=O) groups is 1. The van der Waals surface area contributed by atoms with Crippen LogP contribution in [0.25, 0.3) is 0 Å². The molecule has 0 fully saturated rings. The third kappa shape index (κ3) is 4.03. The molecule has 0 spiro atoms. The quantitative estimate of drug-likeness (QED) is 0.772. The Morgan fingerprint density at radius 3 is 2.63 bits per heavy atom. The van der Waals surface area contributed by atoms with Crippen molar-refractivity contribution in [1.29, 1.82) is 0 Å². The predicted molar refractivity (Wildman–Crippen MR) is 77.5 cm³/mol. The maximum Gasteiger partial charge on any atom is 0.186 e. The molecule has 0 aliphatic heterocycles. The van der Waals surface area contributed by atoms with Gasteiger partial charge in [0.1, 0.15) is 5.69 Å². The molecule has 2 N–H and O–H groups in total. The topological polar surface area (TPSA) is 64.2 Å². The molecular formula is C13H23ClN4O. The van der Waals surface area contributed by atoms with Gasteiger partial charge in [-0.25, -0.2) is 0 Å². The minimum absolute atomic E-state index is 0.0150. The molecule has 5 nitrogen and oxygen atoms in total. The fraction of sp³-hybridized carbons (Fsp3) is 0.692. The van der Waals surface area contributed by atoms with Crippen LogP contribution in [0.5, 0.6) is 0 Å². The fourth-order valence-corrected chi connectivity index (χ4v) is 2.16. The van der Waals surface area contributed by atoms with Gasteiger partial charge >= 0.3 is 0 Å². The van der Waals surface area contributed by atoms with Crippen LogP contribution < -0.4 is 5.73 Å². The minimum atomic E-state index is -0.215. The van der Waals surface area contributed by atoms with Crippen LogP contribution in [-0.2, 0) is 6.54 Å². The summed E-state index contributed by atoms with van der Waals surface area (Å²) < 4.78 is 1.68. The summed E-state index contributed by atoms with van der Waals surface area (Å²) in [5, 5.41) is 4.59. The number of likely N-dealkylation sites (N-methyl/N-ethyl adjacent to an activating group) is 1. The van der Waals surface area contributed by atoms with Gasteiger partial charge in [-0.15, -0.1) is 0 Å². The van der Waals surface area contributed by atoms with Crippen LogP contribution in [0.15, 0.2) is 6.20 Å². The zero-order valence-electron chi connectivity index (χ0n) is 12.1. The minimum Gasteiger partial charge on any atom is -0.330 e. The molecule has 1 unspecified atom stereocenters. The highest BCUT2D eigenvalue weighted by atomic mass is 35.5. The van der Waals surface area contributed by atoms with Crippen molar-refractivity contribution in [1.82, 2.24) is 14.7 Å². The zero-order valence-corrected chi connectivity index (χ0v) is 12.8. The Bertz CT molecular complexity index is 428. The summed E-state index contributed by atoms with van der Waals surface area (Å²) in [6, 6.07) is 0. The lowest BCUT2D eigenvalue weighted by Gasteiger charge is -2.19. The Balaban J connectivity index is 2.98. The van der Waals surface area contributed by atoms with E-state index < -0.39 is 0 Å². The summed E-state index contributed by atoms with van der Waals surface area (Å²) >= 11 is 6.10. The van der Waals surface area contributed by atoms with Crippen LogP contribution >= 0.6 is 11.6 Å². The molecule has 0 saturated heterocycles. The normalized spacial score (nSPS) is 13.3. The maximum absolute atomic E-state index is 12.5. The summed E-state index contributed by atoms with van der Waals surface area (Å²) in [5.41, 5.74) is 6.18. The van der Waals surface area contributed by atoms with Gasteiger partial charge in [0.25, 0.3) is 0 Å². The highest BCUT2D eigenvalue weighted by Crippen LogP contribution is 2.22. The summed E-state index contributed by atoms with van der Waals surface area (Å²) in [5.74, 6) is -0.0446. The SMILES string of the molecule is CC(C)C(CN)C(=O)c1c(Cl)cnn1CCN(C)C. The Hall–Kier alpha value is -0.910. The van der Waals surface area contributed by atoms with E-state index in [-0.39, 0.29) is 17.6 Å². The first-order valence-corrected chi connectivity index (χ1v) is 6.86. The third-order valence-corrected chi connectivity index (χ3v) is 3.46. The van der Waals surface area contributed by atoms with Crippen molar-refractivity contribution in [3.05, 3.63) is 16.9 Å². The number of carbonyl (C=O) groups excluding carboxylic acids is 1. The molecule has 1 aromatic rings. The molecule has 0 aliphatic carbocycles. The molecule has 108 valence electrons. The summed E-state index contributed by atoms with van der Waals surface area (Å²) in [7, 11) is 3.95. The highest BCUT2D eigenvalue weighted by molar-refractivity contribution is 6.33. The first-order valence-electron chi connectivity index (χ1n) is 6.48. The number of Topliss-reactive ketones (excluding diaryl/α,β-unsaturated/α-hetero) is 1. The largest absolute Gasteiger partial charge is 0.330 e. The second-order valence-electron chi connectivity index (χ2n) is 5.32. The Morgan fingerprint density at radius 1 is 1.53 bits per heavy atom.